The van der Waals surface area contributed by atoms with Crippen LogP contribution in [-0.4, -0.2) is 8.42 Å². The summed E-state index contributed by atoms with van der Waals surface area (Å²) in [5.41, 5.74) is 1.08. The molecule has 0 bridgehead atoms. The molecular weight excluding hydrogens is 359 g/mol. The lowest BCUT2D eigenvalue weighted by Gasteiger charge is -2.09. The molecular formula is C14H10BrFN2O2S. The highest BCUT2D eigenvalue weighted by molar-refractivity contribution is 9.10. The molecule has 21 heavy (non-hydrogen) atoms. The summed E-state index contributed by atoms with van der Waals surface area (Å²) in [5, 5.41) is 8.57. The molecule has 1 N–H and O–H groups in total. The normalized spacial score (nSPS) is 10.9. The minimum atomic E-state index is -4.00. The quantitative estimate of drug-likeness (QED) is 0.898. The molecule has 2 rings (SSSR count). The van der Waals surface area contributed by atoms with Gasteiger partial charge in [-0.2, -0.15) is 5.26 Å². The lowest BCUT2D eigenvalue weighted by molar-refractivity contribution is 0.570. The number of rotatable bonds is 4. The molecule has 0 amide bonds. The summed E-state index contributed by atoms with van der Waals surface area (Å²) < 4.78 is 40.7. The highest BCUT2D eigenvalue weighted by atomic mass is 79.9. The average molecular weight is 369 g/mol. The van der Waals surface area contributed by atoms with Crippen molar-refractivity contribution < 1.29 is 12.8 Å². The van der Waals surface area contributed by atoms with Gasteiger partial charge in [-0.15, -0.1) is 0 Å². The second kappa shape index (κ2) is 6.24. The minimum Gasteiger partial charge on any atom is -0.280 e. The van der Waals surface area contributed by atoms with E-state index in [9.17, 15) is 12.8 Å². The van der Waals surface area contributed by atoms with E-state index in [0.717, 1.165) is 11.6 Å². The third kappa shape index (κ3) is 3.80. The number of sulfonamides is 1. The Hall–Kier alpha value is -1.91. The molecule has 0 aromatic heterocycles. The number of halogens is 2. The first-order valence-electron chi connectivity index (χ1n) is 5.86. The number of hydrogen-bond acceptors (Lipinski definition) is 3. The molecule has 108 valence electrons. The van der Waals surface area contributed by atoms with Gasteiger partial charge in [0.25, 0.3) is 10.0 Å². The van der Waals surface area contributed by atoms with E-state index in [1.54, 1.807) is 12.1 Å². The number of nitrogens with zero attached hydrogens (tertiary/aromatic N) is 1. The van der Waals surface area contributed by atoms with Crippen molar-refractivity contribution in [2.45, 2.75) is 11.3 Å². The van der Waals surface area contributed by atoms with Crippen molar-refractivity contribution in [3.63, 3.8) is 0 Å². The van der Waals surface area contributed by atoms with E-state index in [4.69, 9.17) is 5.26 Å². The summed E-state index contributed by atoms with van der Waals surface area (Å²) in [6.45, 7) is 0. The molecule has 0 fully saturated rings. The summed E-state index contributed by atoms with van der Waals surface area (Å²) in [5.74, 6) is -0.835. The van der Waals surface area contributed by atoms with Gasteiger partial charge >= 0.3 is 0 Å². The van der Waals surface area contributed by atoms with Gasteiger partial charge in [0.2, 0.25) is 0 Å². The Morgan fingerprint density at radius 3 is 2.43 bits per heavy atom. The monoisotopic (exact) mass is 368 g/mol. The third-order valence-electron chi connectivity index (χ3n) is 2.67. The Bertz CT molecular complexity index is 799. The molecule has 7 heteroatoms. The Labute approximate surface area is 130 Å². The molecule has 0 aliphatic heterocycles. The lowest BCUT2D eigenvalue weighted by Crippen LogP contribution is -2.14. The van der Waals surface area contributed by atoms with Crippen LogP contribution in [0, 0.1) is 17.1 Å². The second-order valence-electron chi connectivity index (χ2n) is 4.21. The lowest BCUT2D eigenvalue weighted by atomic mass is 10.1. The first-order chi connectivity index (χ1) is 9.92. The highest BCUT2D eigenvalue weighted by Gasteiger charge is 2.19. The average Bonchev–Trinajstić information content (AvgIpc) is 2.40. The number of nitrogens with one attached hydrogen (secondary N) is 1. The molecule has 0 radical (unpaired) electrons. The Morgan fingerprint density at radius 1 is 1.19 bits per heavy atom. The topological polar surface area (TPSA) is 70.0 Å². The van der Waals surface area contributed by atoms with Gasteiger partial charge in [0.05, 0.1) is 12.5 Å². The van der Waals surface area contributed by atoms with E-state index in [-0.39, 0.29) is 6.42 Å². The van der Waals surface area contributed by atoms with E-state index in [2.05, 4.69) is 20.7 Å². The summed E-state index contributed by atoms with van der Waals surface area (Å²) in [6.07, 6.45) is 0.244. The van der Waals surface area contributed by atoms with E-state index in [1.807, 2.05) is 6.07 Å². The van der Waals surface area contributed by atoms with Crippen molar-refractivity contribution in [2.75, 3.05) is 4.72 Å². The molecule has 0 saturated carbocycles. The third-order valence-corrected chi connectivity index (χ3v) is 4.58. The van der Waals surface area contributed by atoms with Crippen LogP contribution in [0.15, 0.2) is 51.8 Å². The molecule has 0 unspecified atom stereocenters. The Morgan fingerprint density at radius 2 is 1.86 bits per heavy atom. The Balaban J connectivity index is 2.27. The molecule has 0 heterocycles. The van der Waals surface area contributed by atoms with Gasteiger partial charge < -0.3 is 0 Å². The van der Waals surface area contributed by atoms with E-state index in [0.29, 0.717) is 10.2 Å². The Kier molecular flexibility index (Phi) is 4.60. The summed E-state index contributed by atoms with van der Waals surface area (Å²) in [7, 11) is -4.00. The van der Waals surface area contributed by atoms with Crippen LogP contribution in [0.25, 0.3) is 0 Å². The fourth-order valence-corrected chi connectivity index (χ4v) is 3.14. The van der Waals surface area contributed by atoms with E-state index in [1.165, 1.54) is 24.3 Å². The van der Waals surface area contributed by atoms with Crippen molar-refractivity contribution in [1.29, 1.82) is 5.26 Å². The van der Waals surface area contributed by atoms with Gasteiger partial charge in [-0.3, -0.25) is 4.72 Å². The highest BCUT2D eigenvalue weighted by Crippen LogP contribution is 2.22. The molecule has 0 aliphatic carbocycles. The predicted molar refractivity (Wildman–Crippen MR) is 80.7 cm³/mol. The van der Waals surface area contributed by atoms with Crippen LogP contribution in [0.1, 0.15) is 5.56 Å². The number of nitriles is 1. The van der Waals surface area contributed by atoms with E-state index >= 15 is 0 Å². The maximum absolute atomic E-state index is 13.7. The van der Waals surface area contributed by atoms with E-state index < -0.39 is 20.7 Å². The maximum Gasteiger partial charge on any atom is 0.264 e. The number of hydrogen-bond donors (Lipinski definition) is 1. The number of anilines is 1. The zero-order chi connectivity index (χ0) is 15.5. The smallest absolute Gasteiger partial charge is 0.264 e. The zero-order valence-corrected chi connectivity index (χ0v) is 13.1. The molecule has 0 saturated heterocycles. The largest absolute Gasteiger partial charge is 0.280 e. The molecule has 2 aromatic carbocycles. The van der Waals surface area contributed by atoms with Crippen molar-refractivity contribution in [3.05, 3.63) is 58.3 Å². The summed E-state index contributed by atoms with van der Waals surface area (Å²) >= 11 is 3.07. The van der Waals surface area contributed by atoms with Crippen molar-refractivity contribution in [2.24, 2.45) is 0 Å². The van der Waals surface area contributed by atoms with Gasteiger partial charge in [-0.05, 0) is 35.9 Å². The van der Waals surface area contributed by atoms with Gasteiger partial charge in [0, 0.05) is 10.2 Å². The first kappa shape index (κ1) is 15.5. The first-order valence-corrected chi connectivity index (χ1v) is 8.14. The standard InChI is InChI=1S/C14H10BrFN2O2S/c15-11-3-6-14(13(16)9-11)21(19,20)18-12-4-1-10(2-5-12)7-8-17/h1-6,9,18H,7H2. The van der Waals surface area contributed by atoms with Crippen LogP contribution in [0.4, 0.5) is 10.1 Å². The molecule has 0 spiro atoms. The van der Waals surface area contributed by atoms with Gasteiger partial charge in [-0.25, -0.2) is 12.8 Å². The zero-order valence-electron chi connectivity index (χ0n) is 10.7. The minimum absolute atomic E-state index is 0.244. The predicted octanol–water partition coefficient (Wildman–Crippen LogP) is 3.46. The van der Waals surface area contributed by atoms with Crippen molar-refractivity contribution in [3.8, 4) is 6.07 Å². The summed E-state index contributed by atoms with van der Waals surface area (Å²) in [6, 6.07) is 12.1. The van der Waals surface area contributed by atoms with Gasteiger partial charge in [0.1, 0.15) is 10.7 Å². The molecule has 4 nitrogen and oxygen atoms in total. The summed E-state index contributed by atoms with van der Waals surface area (Å²) in [4.78, 5) is -0.424. The van der Waals surface area contributed by atoms with Crippen LogP contribution in [0.3, 0.4) is 0 Å². The van der Waals surface area contributed by atoms with Crippen LogP contribution in [0.5, 0.6) is 0 Å². The molecule has 2 aromatic rings. The fourth-order valence-electron chi connectivity index (χ4n) is 1.69. The molecule has 0 aliphatic rings. The van der Waals surface area contributed by atoms with Crippen LogP contribution < -0.4 is 4.72 Å². The molecule has 0 atom stereocenters. The van der Waals surface area contributed by atoms with Crippen molar-refractivity contribution in [1.82, 2.24) is 0 Å². The second-order valence-corrected chi connectivity index (χ2v) is 6.78. The number of benzene rings is 2. The van der Waals surface area contributed by atoms with Crippen LogP contribution >= 0.6 is 15.9 Å². The van der Waals surface area contributed by atoms with Crippen LogP contribution in [-0.2, 0) is 16.4 Å². The van der Waals surface area contributed by atoms with Crippen molar-refractivity contribution >= 4 is 31.6 Å². The van der Waals surface area contributed by atoms with Gasteiger partial charge in [-0.1, -0.05) is 28.1 Å². The SMILES string of the molecule is N#CCc1ccc(NS(=O)(=O)c2ccc(Br)cc2F)cc1. The van der Waals surface area contributed by atoms with Crippen LogP contribution in [0.2, 0.25) is 0 Å². The van der Waals surface area contributed by atoms with Gasteiger partial charge in [0.15, 0.2) is 0 Å². The maximum atomic E-state index is 13.7. The fraction of sp³-hybridized carbons (Fsp3) is 0.0714.